The maximum absolute atomic E-state index is 12.3. The maximum atomic E-state index is 12.3. The van der Waals surface area contributed by atoms with Crippen molar-refractivity contribution in [3.05, 3.63) is 81.9 Å². The first kappa shape index (κ1) is 18.4. The second-order valence-electron chi connectivity index (χ2n) is 6.42. The summed E-state index contributed by atoms with van der Waals surface area (Å²) in [5, 5.41) is 2.38. The molecule has 29 heavy (non-hydrogen) atoms. The summed E-state index contributed by atoms with van der Waals surface area (Å²) in [5.41, 5.74) is 3.59. The Hall–Kier alpha value is -3.94. The average molecular weight is 391 g/mol. The van der Waals surface area contributed by atoms with Gasteiger partial charge >= 0.3 is 17.8 Å². The Morgan fingerprint density at radius 1 is 1.07 bits per heavy atom. The second-order valence-corrected chi connectivity index (χ2v) is 6.42. The molecule has 4 rings (SSSR count). The molecular formula is C21H17N3O5. The molecule has 8 nitrogen and oxygen atoms in total. The van der Waals surface area contributed by atoms with Crippen LogP contribution in [-0.2, 0) is 9.47 Å². The molecule has 0 atom stereocenters. The minimum absolute atomic E-state index is 0.0828. The molecule has 8 heteroatoms. The zero-order valence-corrected chi connectivity index (χ0v) is 15.5. The fraction of sp³-hybridized carbons (Fsp3) is 0.143. The molecule has 1 heterocycles. The van der Waals surface area contributed by atoms with Crippen molar-refractivity contribution >= 4 is 17.9 Å². The molecule has 2 N–H and O–H groups in total. The van der Waals surface area contributed by atoms with Gasteiger partial charge in [-0.15, -0.1) is 0 Å². The topological polar surface area (TPSA) is 110 Å². The van der Waals surface area contributed by atoms with E-state index in [0.717, 1.165) is 28.5 Å². The van der Waals surface area contributed by atoms with Gasteiger partial charge in [-0.05, 0) is 22.3 Å². The van der Waals surface area contributed by atoms with Crippen molar-refractivity contribution in [2.24, 2.45) is 0 Å². The normalized spacial score (nSPS) is 12.0. The van der Waals surface area contributed by atoms with Crippen molar-refractivity contribution in [1.82, 2.24) is 9.97 Å². The Morgan fingerprint density at radius 2 is 1.69 bits per heavy atom. The fourth-order valence-corrected chi connectivity index (χ4v) is 3.49. The average Bonchev–Trinajstić information content (AvgIpc) is 3.06. The van der Waals surface area contributed by atoms with E-state index in [1.54, 1.807) is 0 Å². The van der Waals surface area contributed by atoms with E-state index in [0.29, 0.717) is 0 Å². The van der Waals surface area contributed by atoms with Gasteiger partial charge in [0, 0.05) is 5.92 Å². The van der Waals surface area contributed by atoms with Gasteiger partial charge in [-0.2, -0.15) is 0 Å². The van der Waals surface area contributed by atoms with Crippen molar-refractivity contribution in [3.8, 4) is 11.1 Å². The number of ether oxygens (including phenoxy) is 2. The van der Waals surface area contributed by atoms with E-state index >= 15 is 0 Å². The molecule has 0 radical (unpaired) electrons. The van der Waals surface area contributed by atoms with Crippen LogP contribution in [0.3, 0.4) is 0 Å². The third kappa shape index (κ3) is 3.47. The van der Waals surface area contributed by atoms with E-state index < -0.39 is 17.8 Å². The number of nitrogens with one attached hydrogen (secondary N) is 2. The number of rotatable bonds is 4. The second kappa shape index (κ2) is 7.59. The molecule has 0 unspecified atom stereocenters. The molecule has 1 amide bonds. The van der Waals surface area contributed by atoms with Crippen LogP contribution in [0.2, 0.25) is 0 Å². The van der Waals surface area contributed by atoms with Gasteiger partial charge in [-0.25, -0.2) is 19.4 Å². The summed E-state index contributed by atoms with van der Waals surface area (Å²) in [4.78, 5) is 41.4. The van der Waals surface area contributed by atoms with Crippen LogP contribution in [0, 0.1) is 0 Å². The summed E-state index contributed by atoms with van der Waals surface area (Å²) in [7, 11) is 1.19. The SMILES string of the molecule is COC(=O)c1cnc(=O)[nH]c1NC(=O)OCC1c2ccccc2-c2ccccc21. The number of esters is 1. The first-order chi connectivity index (χ1) is 14.1. The maximum Gasteiger partial charge on any atom is 0.412 e. The quantitative estimate of drug-likeness (QED) is 0.662. The van der Waals surface area contributed by atoms with Crippen LogP contribution in [0.1, 0.15) is 27.4 Å². The minimum atomic E-state index is -0.807. The van der Waals surface area contributed by atoms with Crippen LogP contribution in [0.5, 0.6) is 0 Å². The number of fused-ring (bicyclic) bond motifs is 3. The summed E-state index contributed by atoms with van der Waals surface area (Å²) in [6, 6.07) is 15.9. The van der Waals surface area contributed by atoms with Gasteiger partial charge in [0.25, 0.3) is 0 Å². The molecule has 2 aromatic carbocycles. The van der Waals surface area contributed by atoms with E-state index in [2.05, 4.69) is 20.0 Å². The largest absolute Gasteiger partial charge is 0.465 e. The molecule has 1 aromatic heterocycles. The highest BCUT2D eigenvalue weighted by molar-refractivity contribution is 5.98. The zero-order valence-electron chi connectivity index (χ0n) is 15.5. The lowest BCUT2D eigenvalue weighted by molar-refractivity contribution is 0.0601. The van der Waals surface area contributed by atoms with Gasteiger partial charge in [0.05, 0.1) is 13.3 Å². The fourth-order valence-electron chi connectivity index (χ4n) is 3.49. The van der Waals surface area contributed by atoms with E-state index in [9.17, 15) is 14.4 Å². The number of benzene rings is 2. The third-order valence-corrected chi connectivity index (χ3v) is 4.79. The van der Waals surface area contributed by atoms with E-state index in [-0.39, 0.29) is 23.9 Å². The number of carbonyl (C=O) groups is 2. The Morgan fingerprint density at radius 3 is 2.31 bits per heavy atom. The summed E-state index contributed by atoms with van der Waals surface area (Å²) in [6.45, 7) is 0.0999. The van der Waals surface area contributed by atoms with Crippen LogP contribution in [-0.4, -0.2) is 35.7 Å². The number of amides is 1. The Labute approximate surface area is 165 Å². The summed E-state index contributed by atoms with van der Waals surface area (Å²) >= 11 is 0. The van der Waals surface area contributed by atoms with Gasteiger partial charge in [-0.1, -0.05) is 48.5 Å². The Kier molecular flexibility index (Phi) is 4.82. The van der Waals surface area contributed by atoms with Gasteiger partial charge in [0.1, 0.15) is 18.0 Å². The molecule has 0 aliphatic heterocycles. The molecule has 146 valence electrons. The van der Waals surface area contributed by atoms with Crippen molar-refractivity contribution in [2.75, 3.05) is 19.0 Å². The molecule has 0 bridgehead atoms. The molecular weight excluding hydrogens is 374 g/mol. The summed E-state index contributed by atoms with van der Waals surface area (Å²) in [5.74, 6) is -0.985. The summed E-state index contributed by atoms with van der Waals surface area (Å²) < 4.78 is 10.0. The van der Waals surface area contributed by atoms with Crippen LogP contribution in [0.4, 0.5) is 10.6 Å². The number of aromatic amines is 1. The van der Waals surface area contributed by atoms with E-state index in [4.69, 9.17) is 4.74 Å². The van der Waals surface area contributed by atoms with Crippen LogP contribution < -0.4 is 11.0 Å². The zero-order chi connectivity index (χ0) is 20.4. The number of aromatic nitrogens is 2. The number of anilines is 1. The standard InChI is InChI=1S/C21H17N3O5/c1-28-19(25)16-10-22-20(26)23-18(16)24-21(27)29-11-17-14-8-4-2-6-12(14)13-7-3-5-9-15(13)17/h2-10,17H,11H2,1H3,(H2,22,23,24,26,27). The molecule has 1 aliphatic carbocycles. The van der Waals surface area contributed by atoms with Crippen molar-refractivity contribution in [3.63, 3.8) is 0 Å². The van der Waals surface area contributed by atoms with Gasteiger partial charge in [-0.3, -0.25) is 10.3 Å². The molecule has 0 spiro atoms. The highest BCUT2D eigenvalue weighted by Gasteiger charge is 2.29. The molecule has 0 fully saturated rings. The van der Waals surface area contributed by atoms with E-state index in [1.165, 1.54) is 7.11 Å². The number of methoxy groups -OCH3 is 1. The van der Waals surface area contributed by atoms with Crippen LogP contribution >= 0.6 is 0 Å². The van der Waals surface area contributed by atoms with Gasteiger partial charge in [0.15, 0.2) is 0 Å². The number of carbonyl (C=O) groups excluding carboxylic acids is 2. The first-order valence-corrected chi connectivity index (χ1v) is 8.88. The van der Waals surface area contributed by atoms with Crippen LogP contribution in [0.15, 0.2) is 59.5 Å². The Balaban J connectivity index is 1.52. The minimum Gasteiger partial charge on any atom is -0.465 e. The highest BCUT2D eigenvalue weighted by Crippen LogP contribution is 2.44. The molecule has 0 saturated heterocycles. The lowest BCUT2D eigenvalue weighted by atomic mass is 9.98. The van der Waals surface area contributed by atoms with Crippen molar-refractivity contribution in [2.45, 2.75) is 5.92 Å². The first-order valence-electron chi connectivity index (χ1n) is 8.88. The third-order valence-electron chi connectivity index (χ3n) is 4.79. The van der Waals surface area contributed by atoms with Gasteiger partial charge in [0.2, 0.25) is 0 Å². The summed E-state index contributed by atoms with van der Waals surface area (Å²) in [6.07, 6.45) is 0.225. The molecule has 1 aliphatic rings. The van der Waals surface area contributed by atoms with Gasteiger partial charge < -0.3 is 9.47 Å². The number of hydrogen-bond donors (Lipinski definition) is 2. The lowest BCUT2D eigenvalue weighted by Crippen LogP contribution is -2.23. The van der Waals surface area contributed by atoms with Crippen LogP contribution in [0.25, 0.3) is 11.1 Å². The smallest absolute Gasteiger partial charge is 0.412 e. The van der Waals surface area contributed by atoms with E-state index in [1.807, 2.05) is 48.5 Å². The molecule has 3 aromatic rings. The Bertz CT molecular complexity index is 1110. The number of nitrogens with zero attached hydrogens (tertiary/aromatic N) is 1. The lowest BCUT2D eigenvalue weighted by Gasteiger charge is -2.15. The predicted octanol–water partition coefficient (Wildman–Crippen LogP) is 2.92. The van der Waals surface area contributed by atoms with Crippen molar-refractivity contribution < 1.29 is 19.1 Å². The van der Waals surface area contributed by atoms with Crippen molar-refractivity contribution in [1.29, 1.82) is 0 Å². The number of H-pyrrole nitrogens is 1. The molecule has 0 saturated carbocycles. The highest BCUT2D eigenvalue weighted by atomic mass is 16.5. The monoisotopic (exact) mass is 391 g/mol. The predicted molar refractivity (Wildman–Crippen MR) is 105 cm³/mol. The number of hydrogen-bond acceptors (Lipinski definition) is 6.